The van der Waals surface area contributed by atoms with E-state index in [0.29, 0.717) is 30.1 Å². The monoisotopic (exact) mass is 236 g/mol. The van der Waals surface area contributed by atoms with E-state index >= 15 is 0 Å². The van der Waals surface area contributed by atoms with Gasteiger partial charge in [0.05, 0.1) is 0 Å². The van der Waals surface area contributed by atoms with Crippen molar-refractivity contribution >= 4 is 5.78 Å². The van der Waals surface area contributed by atoms with Gasteiger partial charge < -0.3 is 0 Å². The Hall–Kier alpha value is -1.18. The van der Waals surface area contributed by atoms with Crippen LogP contribution in [0.25, 0.3) is 0 Å². The zero-order chi connectivity index (χ0) is 12.8. The van der Waals surface area contributed by atoms with Crippen molar-refractivity contribution in [3.8, 4) is 0 Å². The first kappa shape index (κ1) is 13.9. The second-order valence-electron chi connectivity index (χ2n) is 4.54. The Kier molecular flexibility index (Phi) is 5.33. The zero-order valence-electron chi connectivity index (χ0n) is 10.9. The summed E-state index contributed by atoms with van der Waals surface area (Å²) >= 11 is 0. The topological polar surface area (TPSA) is 17.1 Å². The lowest BCUT2D eigenvalue weighted by Gasteiger charge is -2.15. The third kappa shape index (κ3) is 3.95. The van der Waals surface area contributed by atoms with Crippen LogP contribution in [0.3, 0.4) is 0 Å². The first-order chi connectivity index (χ1) is 8.08. The molecule has 1 rings (SSSR count). The molecule has 2 heteroatoms. The predicted octanol–water partition coefficient (Wildman–Crippen LogP) is 4.39. The van der Waals surface area contributed by atoms with Gasteiger partial charge in [-0.2, -0.15) is 0 Å². The number of hydrogen-bond acceptors (Lipinski definition) is 1. The van der Waals surface area contributed by atoms with Crippen molar-refractivity contribution in [2.45, 2.75) is 52.4 Å². The lowest BCUT2D eigenvalue weighted by molar-refractivity contribution is -0.118. The fourth-order valence-electron chi connectivity index (χ4n) is 2.04. The highest BCUT2D eigenvalue weighted by Gasteiger charge is 2.12. The van der Waals surface area contributed by atoms with Crippen LogP contribution in [0, 0.1) is 12.7 Å². The second kappa shape index (κ2) is 6.53. The summed E-state index contributed by atoms with van der Waals surface area (Å²) in [5, 5.41) is 0. The summed E-state index contributed by atoms with van der Waals surface area (Å²) < 4.78 is 13.2. The van der Waals surface area contributed by atoms with Crippen LogP contribution in [-0.2, 0) is 4.79 Å². The maximum Gasteiger partial charge on any atom is 0.132 e. The van der Waals surface area contributed by atoms with E-state index in [4.69, 9.17) is 0 Å². The Morgan fingerprint density at radius 3 is 2.59 bits per heavy atom. The maximum absolute atomic E-state index is 13.2. The quantitative estimate of drug-likeness (QED) is 0.716. The highest BCUT2D eigenvalue weighted by atomic mass is 19.1. The van der Waals surface area contributed by atoms with Gasteiger partial charge in [0.25, 0.3) is 0 Å². The number of aryl methyl sites for hydroxylation is 1. The van der Waals surface area contributed by atoms with Crippen LogP contribution in [0.1, 0.15) is 56.6 Å². The number of rotatable bonds is 6. The summed E-state index contributed by atoms with van der Waals surface area (Å²) in [6, 6.07) is 5.27. The molecule has 0 spiro atoms. The smallest absolute Gasteiger partial charge is 0.132 e. The van der Waals surface area contributed by atoms with Crippen molar-refractivity contribution < 1.29 is 9.18 Å². The van der Waals surface area contributed by atoms with Gasteiger partial charge in [-0.1, -0.05) is 26.0 Å². The summed E-state index contributed by atoms with van der Waals surface area (Å²) in [7, 11) is 0. The van der Waals surface area contributed by atoms with Crippen LogP contribution in [0.15, 0.2) is 18.2 Å². The van der Waals surface area contributed by atoms with Crippen LogP contribution in [0.5, 0.6) is 0 Å². The number of carbonyl (C=O) groups excluding carboxylic acids is 1. The van der Waals surface area contributed by atoms with Gasteiger partial charge in [-0.15, -0.1) is 0 Å². The summed E-state index contributed by atoms with van der Waals surface area (Å²) in [6.45, 7) is 5.79. The van der Waals surface area contributed by atoms with Gasteiger partial charge in [-0.25, -0.2) is 4.39 Å². The normalized spacial score (nSPS) is 12.5. The van der Waals surface area contributed by atoms with E-state index in [1.807, 2.05) is 19.1 Å². The van der Waals surface area contributed by atoms with Crippen LogP contribution >= 0.6 is 0 Å². The summed E-state index contributed by atoms with van der Waals surface area (Å²) in [4.78, 5) is 11.3. The van der Waals surface area contributed by atoms with Crippen molar-refractivity contribution in [2.75, 3.05) is 0 Å². The molecule has 1 nitrogen and oxygen atoms in total. The minimum absolute atomic E-state index is 0.159. The molecule has 0 saturated carbocycles. The van der Waals surface area contributed by atoms with Crippen molar-refractivity contribution in [3.05, 3.63) is 35.1 Å². The fraction of sp³-hybridized carbons (Fsp3) is 0.533. The lowest BCUT2D eigenvalue weighted by Crippen LogP contribution is -2.03. The molecule has 94 valence electrons. The van der Waals surface area contributed by atoms with E-state index < -0.39 is 0 Å². The zero-order valence-corrected chi connectivity index (χ0v) is 10.9. The van der Waals surface area contributed by atoms with Crippen LogP contribution < -0.4 is 0 Å². The summed E-state index contributed by atoms with van der Waals surface area (Å²) in [5.41, 5.74) is 1.83. The molecule has 0 aromatic heterocycles. The van der Waals surface area contributed by atoms with Gasteiger partial charge in [0, 0.05) is 12.8 Å². The molecule has 0 heterocycles. The number of benzene rings is 1. The number of halogens is 1. The predicted molar refractivity (Wildman–Crippen MR) is 68.7 cm³/mol. The van der Waals surface area contributed by atoms with E-state index in [-0.39, 0.29) is 5.82 Å². The highest BCUT2D eigenvalue weighted by molar-refractivity contribution is 5.78. The number of carbonyl (C=O) groups is 1. The van der Waals surface area contributed by atoms with E-state index in [1.54, 1.807) is 6.92 Å². The molecule has 0 fully saturated rings. The van der Waals surface area contributed by atoms with Crippen LogP contribution in [0.4, 0.5) is 4.39 Å². The van der Waals surface area contributed by atoms with Gasteiger partial charge in [0.15, 0.2) is 0 Å². The maximum atomic E-state index is 13.2. The van der Waals surface area contributed by atoms with E-state index in [9.17, 15) is 9.18 Å². The Balaban J connectivity index is 2.72. The molecule has 1 aromatic carbocycles. The molecule has 1 atom stereocenters. The molecule has 0 amide bonds. The number of hydrogen-bond donors (Lipinski definition) is 0. The molecule has 1 unspecified atom stereocenters. The number of Topliss-reactive ketones (excluding diaryl/α,β-unsaturated/α-hetero) is 1. The summed E-state index contributed by atoms with van der Waals surface area (Å²) in [6.07, 6.45) is 3.10. The molecule has 0 radical (unpaired) electrons. The molecule has 17 heavy (non-hydrogen) atoms. The molecule has 1 aromatic rings. The van der Waals surface area contributed by atoms with E-state index in [2.05, 4.69) is 6.92 Å². The molecule has 0 aliphatic rings. The minimum Gasteiger partial charge on any atom is -0.300 e. The van der Waals surface area contributed by atoms with Gasteiger partial charge in [-0.05, 0) is 42.9 Å². The molecular weight excluding hydrogens is 215 g/mol. The molecule has 0 N–H and O–H groups in total. The van der Waals surface area contributed by atoms with Gasteiger partial charge in [0.2, 0.25) is 0 Å². The van der Waals surface area contributed by atoms with Gasteiger partial charge >= 0.3 is 0 Å². The molecule has 0 aliphatic heterocycles. The average Bonchev–Trinajstić information content (AvgIpc) is 2.33. The molecular formula is C15H21FO. The Morgan fingerprint density at radius 1 is 1.35 bits per heavy atom. The van der Waals surface area contributed by atoms with Crippen molar-refractivity contribution in [3.63, 3.8) is 0 Å². The molecule has 0 saturated heterocycles. The van der Waals surface area contributed by atoms with Gasteiger partial charge in [-0.3, -0.25) is 4.79 Å². The Morgan fingerprint density at radius 2 is 2.06 bits per heavy atom. The average molecular weight is 236 g/mol. The lowest BCUT2D eigenvalue weighted by atomic mass is 9.90. The Labute approximate surface area is 103 Å². The summed E-state index contributed by atoms with van der Waals surface area (Å²) in [5.74, 6) is 0.514. The first-order valence-corrected chi connectivity index (χ1v) is 6.36. The first-order valence-electron chi connectivity index (χ1n) is 6.36. The highest BCUT2D eigenvalue weighted by Crippen LogP contribution is 2.26. The van der Waals surface area contributed by atoms with E-state index in [1.165, 1.54) is 6.07 Å². The third-order valence-electron chi connectivity index (χ3n) is 3.31. The van der Waals surface area contributed by atoms with Crippen molar-refractivity contribution in [1.82, 2.24) is 0 Å². The molecule has 0 bridgehead atoms. The van der Waals surface area contributed by atoms with E-state index in [0.717, 1.165) is 18.4 Å². The van der Waals surface area contributed by atoms with Crippen LogP contribution in [0.2, 0.25) is 0 Å². The SMILES string of the molecule is CCC(=O)CCC(CC)c1ccc(F)c(C)c1. The largest absolute Gasteiger partial charge is 0.300 e. The van der Waals surface area contributed by atoms with Crippen LogP contribution in [-0.4, -0.2) is 5.78 Å². The number of ketones is 1. The van der Waals surface area contributed by atoms with Gasteiger partial charge in [0.1, 0.15) is 11.6 Å². The third-order valence-corrected chi connectivity index (χ3v) is 3.31. The molecule has 0 aliphatic carbocycles. The second-order valence-corrected chi connectivity index (χ2v) is 4.54. The van der Waals surface area contributed by atoms with Crippen molar-refractivity contribution in [1.29, 1.82) is 0 Å². The fourth-order valence-corrected chi connectivity index (χ4v) is 2.04. The standard InChI is InChI=1S/C15H21FO/c1-4-12(6-8-14(17)5-2)13-7-9-15(16)11(3)10-13/h7,9-10,12H,4-6,8H2,1-3H3. The van der Waals surface area contributed by atoms with Crippen molar-refractivity contribution in [2.24, 2.45) is 0 Å². The Bertz CT molecular complexity index is 385. The minimum atomic E-state index is -0.159.